The summed E-state index contributed by atoms with van der Waals surface area (Å²) in [5.74, 6) is 1.82. The summed E-state index contributed by atoms with van der Waals surface area (Å²) in [4.78, 5) is 13.9. The molecule has 1 atom stereocenters. The molecular weight excluding hydrogens is 242 g/mol. The fourth-order valence-corrected chi connectivity index (χ4v) is 2.37. The van der Waals surface area contributed by atoms with Crippen LogP contribution in [0.5, 0.6) is 0 Å². The summed E-state index contributed by atoms with van der Waals surface area (Å²) in [6.07, 6.45) is 1.48. The maximum absolute atomic E-state index is 12.1. The minimum Gasteiger partial charge on any atom is -0.466 e. The summed E-state index contributed by atoms with van der Waals surface area (Å²) < 4.78 is 5.46. The Balaban J connectivity index is 1.84. The Morgan fingerprint density at radius 3 is 2.84 bits per heavy atom. The zero-order valence-corrected chi connectivity index (χ0v) is 12.0. The van der Waals surface area contributed by atoms with Crippen LogP contribution in [0.4, 0.5) is 0 Å². The summed E-state index contributed by atoms with van der Waals surface area (Å²) >= 11 is 0. The Hall–Kier alpha value is -1.29. The number of aliphatic hydroxyl groups is 1. The number of likely N-dealkylation sites (tertiary alicyclic amines) is 1. The van der Waals surface area contributed by atoms with Gasteiger partial charge in [0, 0.05) is 25.9 Å². The van der Waals surface area contributed by atoms with Crippen molar-refractivity contribution < 1.29 is 14.3 Å². The normalized spacial score (nSPS) is 22.5. The van der Waals surface area contributed by atoms with Crippen LogP contribution in [0, 0.1) is 12.3 Å². The van der Waals surface area contributed by atoms with Crippen molar-refractivity contribution in [1.82, 2.24) is 4.90 Å². The SMILES string of the molecule is Cc1ccc(CCC(=O)N2CCC(C)(C)C(O)C2)o1. The Labute approximate surface area is 114 Å². The summed E-state index contributed by atoms with van der Waals surface area (Å²) in [7, 11) is 0. The number of amides is 1. The van der Waals surface area contributed by atoms with Crippen molar-refractivity contribution in [3.05, 3.63) is 23.7 Å². The Kier molecular flexibility index (Phi) is 3.99. The van der Waals surface area contributed by atoms with Crippen molar-refractivity contribution in [1.29, 1.82) is 0 Å². The first-order valence-corrected chi connectivity index (χ1v) is 6.89. The van der Waals surface area contributed by atoms with E-state index < -0.39 is 6.10 Å². The molecule has 1 aromatic heterocycles. The molecule has 2 rings (SSSR count). The molecule has 0 aromatic carbocycles. The molecule has 1 N–H and O–H groups in total. The average molecular weight is 265 g/mol. The highest BCUT2D eigenvalue weighted by Gasteiger charge is 2.35. The van der Waals surface area contributed by atoms with Gasteiger partial charge in [-0.2, -0.15) is 0 Å². The number of piperidine rings is 1. The minimum atomic E-state index is -0.434. The van der Waals surface area contributed by atoms with Crippen LogP contribution in [0.1, 0.15) is 38.2 Å². The first kappa shape index (κ1) is 14.1. The van der Waals surface area contributed by atoms with Crippen molar-refractivity contribution in [3.8, 4) is 0 Å². The van der Waals surface area contributed by atoms with Gasteiger partial charge in [0.25, 0.3) is 0 Å². The highest BCUT2D eigenvalue weighted by molar-refractivity contribution is 5.76. The van der Waals surface area contributed by atoms with Crippen LogP contribution in [-0.2, 0) is 11.2 Å². The number of aryl methyl sites for hydroxylation is 2. The molecule has 1 aromatic rings. The van der Waals surface area contributed by atoms with Gasteiger partial charge in [-0.1, -0.05) is 13.8 Å². The van der Waals surface area contributed by atoms with Crippen molar-refractivity contribution in [3.63, 3.8) is 0 Å². The van der Waals surface area contributed by atoms with Gasteiger partial charge in [0.15, 0.2) is 0 Å². The van der Waals surface area contributed by atoms with Crippen LogP contribution in [-0.4, -0.2) is 35.1 Å². The van der Waals surface area contributed by atoms with E-state index in [1.165, 1.54) is 0 Å². The van der Waals surface area contributed by atoms with E-state index in [-0.39, 0.29) is 11.3 Å². The van der Waals surface area contributed by atoms with E-state index >= 15 is 0 Å². The second kappa shape index (κ2) is 5.37. The predicted molar refractivity (Wildman–Crippen MR) is 72.8 cm³/mol. The molecule has 1 aliphatic heterocycles. The number of carbonyl (C=O) groups is 1. The van der Waals surface area contributed by atoms with Gasteiger partial charge in [-0.25, -0.2) is 0 Å². The Morgan fingerprint density at radius 1 is 1.53 bits per heavy atom. The second-order valence-corrected chi connectivity index (χ2v) is 6.11. The first-order chi connectivity index (χ1) is 8.88. The molecule has 1 fully saturated rings. The third-order valence-corrected chi connectivity index (χ3v) is 4.06. The van der Waals surface area contributed by atoms with E-state index in [0.717, 1.165) is 24.5 Å². The number of aliphatic hydroxyl groups excluding tert-OH is 1. The summed E-state index contributed by atoms with van der Waals surface area (Å²) in [6.45, 7) is 7.17. The maximum Gasteiger partial charge on any atom is 0.223 e. The average Bonchev–Trinajstić information content (AvgIpc) is 2.76. The molecule has 0 bridgehead atoms. The topological polar surface area (TPSA) is 53.7 Å². The number of carbonyl (C=O) groups excluding carboxylic acids is 1. The number of furan rings is 1. The van der Waals surface area contributed by atoms with Gasteiger partial charge < -0.3 is 14.4 Å². The van der Waals surface area contributed by atoms with Crippen LogP contribution >= 0.6 is 0 Å². The third kappa shape index (κ3) is 3.38. The van der Waals surface area contributed by atoms with Crippen LogP contribution in [0.25, 0.3) is 0 Å². The zero-order chi connectivity index (χ0) is 14.0. The van der Waals surface area contributed by atoms with Gasteiger partial charge in [0.1, 0.15) is 11.5 Å². The van der Waals surface area contributed by atoms with Crippen LogP contribution in [0.15, 0.2) is 16.5 Å². The molecule has 4 heteroatoms. The number of hydrogen-bond acceptors (Lipinski definition) is 3. The van der Waals surface area contributed by atoms with Gasteiger partial charge in [-0.05, 0) is 30.9 Å². The van der Waals surface area contributed by atoms with Gasteiger partial charge in [-0.3, -0.25) is 4.79 Å². The molecule has 1 unspecified atom stereocenters. The summed E-state index contributed by atoms with van der Waals surface area (Å²) in [6, 6.07) is 3.82. The minimum absolute atomic E-state index is 0.0884. The van der Waals surface area contributed by atoms with Gasteiger partial charge in [-0.15, -0.1) is 0 Å². The van der Waals surface area contributed by atoms with Gasteiger partial charge in [0.2, 0.25) is 5.91 Å². The fraction of sp³-hybridized carbons (Fsp3) is 0.667. The van der Waals surface area contributed by atoms with Crippen LogP contribution < -0.4 is 0 Å². The molecule has 1 saturated heterocycles. The Bertz CT molecular complexity index is 450. The smallest absolute Gasteiger partial charge is 0.223 e. The van der Waals surface area contributed by atoms with Gasteiger partial charge >= 0.3 is 0 Å². The number of nitrogens with zero attached hydrogens (tertiary/aromatic N) is 1. The molecule has 0 aliphatic carbocycles. The molecule has 2 heterocycles. The molecular formula is C15H23NO3. The molecule has 0 saturated carbocycles. The van der Waals surface area contributed by atoms with E-state index in [9.17, 15) is 9.90 Å². The molecule has 1 amide bonds. The molecule has 106 valence electrons. The molecule has 0 radical (unpaired) electrons. The zero-order valence-electron chi connectivity index (χ0n) is 12.0. The lowest BCUT2D eigenvalue weighted by atomic mass is 9.80. The number of β-amino-alcohol motifs (C(OH)–C–C–N with tert-alkyl or cyclic N) is 1. The quantitative estimate of drug-likeness (QED) is 0.911. The van der Waals surface area contributed by atoms with E-state index in [2.05, 4.69) is 0 Å². The lowest BCUT2D eigenvalue weighted by Gasteiger charge is -2.41. The van der Waals surface area contributed by atoms with Crippen molar-refractivity contribution >= 4 is 5.91 Å². The lowest BCUT2D eigenvalue weighted by Crippen LogP contribution is -2.50. The van der Waals surface area contributed by atoms with Crippen molar-refractivity contribution in [2.24, 2.45) is 5.41 Å². The first-order valence-electron chi connectivity index (χ1n) is 6.89. The number of hydrogen-bond donors (Lipinski definition) is 1. The van der Waals surface area contributed by atoms with E-state index in [1.807, 2.05) is 32.9 Å². The largest absolute Gasteiger partial charge is 0.466 e. The van der Waals surface area contributed by atoms with Crippen molar-refractivity contribution in [2.75, 3.05) is 13.1 Å². The van der Waals surface area contributed by atoms with E-state index in [1.54, 1.807) is 4.90 Å². The second-order valence-electron chi connectivity index (χ2n) is 6.11. The highest BCUT2D eigenvalue weighted by Crippen LogP contribution is 2.30. The molecule has 0 spiro atoms. The van der Waals surface area contributed by atoms with Crippen LogP contribution in [0.2, 0.25) is 0 Å². The summed E-state index contributed by atoms with van der Waals surface area (Å²) in [5.41, 5.74) is -0.0884. The van der Waals surface area contributed by atoms with Crippen LogP contribution in [0.3, 0.4) is 0 Å². The third-order valence-electron chi connectivity index (χ3n) is 4.06. The molecule has 19 heavy (non-hydrogen) atoms. The lowest BCUT2D eigenvalue weighted by molar-refractivity contribution is -0.137. The molecule has 1 aliphatic rings. The standard InChI is InChI=1S/C15H23NO3/c1-11-4-5-12(19-11)6-7-14(18)16-9-8-15(2,3)13(17)10-16/h4-5,13,17H,6-10H2,1-3H3. The predicted octanol–water partition coefficient (Wildman–Crippen LogP) is 2.14. The highest BCUT2D eigenvalue weighted by atomic mass is 16.3. The maximum atomic E-state index is 12.1. The van der Waals surface area contributed by atoms with E-state index in [4.69, 9.17) is 4.42 Å². The monoisotopic (exact) mass is 265 g/mol. The Morgan fingerprint density at radius 2 is 2.26 bits per heavy atom. The number of rotatable bonds is 3. The molecule has 4 nitrogen and oxygen atoms in total. The summed E-state index contributed by atoms with van der Waals surface area (Å²) in [5, 5.41) is 10.0. The van der Waals surface area contributed by atoms with E-state index in [0.29, 0.717) is 19.4 Å². The van der Waals surface area contributed by atoms with Gasteiger partial charge in [0.05, 0.1) is 6.10 Å². The van der Waals surface area contributed by atoms with Crippen molar-refractivity contribution in [2.45, 2.75) is 46.1 Å². The fourth-order valence-electron chi connectivity index (χ4n) is 2.37.